The van der Waals surface area contributed by atoms with Gasteiger partial charge in [0.1, 0.15) is 5.54 Å². The average molecular weight is 238 g/mol. The van der Waals surface area contributed by atoms with Crippen molar-refractivity contribution in [3.63, 3.8) is 0 Å². The zero-order chi connectivity index (χ0) is 12.6. The van der Waals surface area contributed by atoms with Gasteiger partial charge in [-0.3, -0.25) is 9.59 Å². The van der Waals surface area contributed by atoms with Gasteiger partial charge in [0.15, 0.2) is 0 Å². The number of hydrogen-bond acceptors (Lipinski definition) is 2. The van der Waals surface area contributed by atoms with Crippen molar-refractivity contribution >= 4 is 11.8 Å². The second kappa shape index (κ2) is 4.31. The Morgan fingerprint density at radius 2 is 2.00 bits per heavy atom. The molecule has 96 valence electrons. The van der Waals surface area contributed by atoms with Crippen molar-refractivity contribution < 1.29 is 9.59 Å². The number of nitrogens with one attached hydrogen (secondary N) is 1. The van der Waals surface area contributed by atoms with Gasteiger partial charge in [-0.1, -0.05) is 6.42 Å². The predicted molar refractivity (Wildman–Crippen MR) is 65.4 cm³/mol. The normalized spacial score (nSPS) is 29.6. The number of hydrogen-bond donors (Lipinski definition) is 1. The molecule has 1 saturated carbocycles. The SMILES string of the molecule is CC1CC(=O)NC(C)(C)C(=O)N1CC1CCC1. The molecule has 1 aliphatic carbocycles. The highest BCUT2D eigenvalue weighted by Crippen LogP contribution is 2.29. The van der Waals surface area contributed by atoms with E-state index < -0.39 is 5.54 Å². The van der Waals surface area contributed by atoms with Crippen LogP contribution < -0.4 is 5.32 Å². The third-order valence-corrected chi connectivity index (χ3v) is 3.94. The fourth-order valence-corrected chi connectivity index (χ4v) is 2.61. The molecule has 0 aromatic rings. The lowest BCUT2D eigenvalue weighted by atomic mass is 9.84. The Morgan fingerprint density at radius 3 is 2.53 bits per heavy atom. The maximum Gasteiger partial charge on any atom is 0.248 e. The number of nitrogens with zero attached hydrogens (tertiary/aromatic N) is 1. The summed E-state index contributed by atoms with van der Waals surface area (Å²) in [6.45, 7) is 6.37. The van der Waals surface area contributed by atoms with Crippen molar-refractivity contribution in [2.45, 2.75) is 58.0 Å². The first-order valence-electron chi connectivity index (χ1n) is 6.52. The van der Waals surface area contributed by atoms with Crippen LogP contribution in [0.3, 0.4) is 0 Å². The van der Waals surface area contributed by atoms with Crippen molar-refractivity contribution in [3.05, 3.63) is 0 Å². The molecule has 1 unspecified atom stereocenters. The summed E-state index contributed by atoms with van der Waals surface area (Å²) in [4.78, 5) is 26.0. The molecule has 0 bridgehead atoms. The highest BCUT2D eigenvalue weighted by atomic mass is 16.2. The van der Waals surface area contributed by atoms with Crippen LogP contribution in [-0.4, -0.2) is 34.8 Å². The van der Waals surface area contributed by atoms with E-state index in [1.165, 1.54) is 19.3 Å². The molecular formula is C13H22N2O2. The van der Waals surface area contributed by atoms with Gasteiger partial charge in [0.05, 0.1) is 0 Å². The van der Waals surface area contributed by atoms with Crippen LogP contribution in [0.4, 0.5) is 0 Å². The zero-order valence-corrected chi connectivity index (χ0v) is 11.0. The first-order valence-corrected chi connectivity index (χ1v) is 6.52. The van der Waals surface area contributed by atoms with Gasteiger partial charge in [-0.2, -0.15) is 0 Å². The third-order valence-electron chi connectivity index (χ3n) is 3.94. The lowest BCUT2D eigenvalue weighted by Gasteiger charge is -2.37. The molecule has 1 heterocycles. The fourth-order valence-electron chi connectivity index (χ4n) is 2.61. The second-order valence-corrected chi connectivity index (χ2v) is 5.98. The van der Waals surface area contributed by atoms with Crippen molar-refractivity contribution in [3.8, 4) is 0 Å². The van der Waals surface area contributed by atoms with Crippen molar-refractivity contribution in [1.29, 1.82) is 0 Å². The summed E-state index contributed by atoms with van der Waals surface area (Å²) in [6, 6.07) is 0.0184. The minimum absolute atomic E-state index is 0.0184. The molecule has 0 radical (unpaired) electrons. The number of rotatable bonds is 2. The van der Waals surface area contributed by atoms with E-state index in [9.17, 15) is 9.59 Å². The number of amides is 2. The molecule has 1 aliphatic heterocycles. The Kier molecular flexibility index (Phi) is 3.15. The molecule has 2 rings (SSSR count). The Bertz CT molecular complexity index is 334. The van der Waals surface area contributed by atoms with E-state index in [1.807, 2.05) is 11.8 Å². The second-order valence-electron chi connectivity index (χ2n) is 5.98. The molecule has 4 heteroatoms. The standard InChI is InChI=1S/C13H22N2O2/c1-9-7-11(16)14-13(2,3)12(17)15(9)8-10-5-4-6-10/h9-10H,4-8H2,1-3H3,(H,14,16). The topological polar surface area (TPSA) is 49.4 Å². The van der Waals surface area contributed by atoms with Gasteiger partial charge in [0, 0.05) is 19.0 Å². The van der Waals surface area contributed by atoms with Gasteiger partial charge in [-0.05, 0) is 39.5 Å². The Hall–Kier alpha value is -1.06. The van der Waals surface area contributed by atoms with E-state index in [2.05, 4.69) is 5.32 Å². The van der Waals surface area contributed by atoms with E-state index in [4.69, 9.17) is 0 Å². The summed E-state index contributed by atoms with van der Waals surface area (Å²) in [5.74, 6) is 0.681. The highest BCUT2D eigenvalue weighted by Gasteiger charge is 2.40. The van der Waals surface area contributed by atoms with Gasteiger partial charge < -0.3 is 10.2 Å². The molecule has 1 atom stereocenters. The third kappa shape index (κ3) is 2.45. The number of carbonyl (C=O) groups excluding carboxylic acids is 2. The van der Waals surface area contributed by atoms with Crippen LogP contribution in [0.25, 0.3) is 0 Å². The summed E-state index contributed by atoms with van der Waals surface area (Å²) < 4.78 is 0. The maximum atomic E-state index is 12.4. The van der Waals surface area contributed by atoms with Crippen molar-refractivity contribution in [1.82, 2.24) is 10.2 Å². The molecule has 0 aromatic heterocycles. The van der Waals surface area contributed by atoms with E-state index in [0.29, 0.717) is 12.3 Å². The van der Waals surface area contributed by atoms with E-state index in [-0.39, 0.29) is 17.9 Å². The van der Waals surface area contributed by atoms with Gasteiger partial charge in [-0.15, -0.1) is 0 Å². The fraction of sp³-hybridized carbons (Fsp3) is 0.846. The predicted octanol–water partition coefficient (Wildman–Crippen LogP) is 1.30. The smallest absolute Gasteiger partial charge is 0.248 e. The Morgan fingerprint density at radius 1 is 1.35 bits per heavy atom. The largest absolute Gasteiger partial charge is 0.342 e. The molecule has 1 N–H and O–H groups in total. The summed E-state index contributed by atoms with van der Waals surface area (Å²) >= 11 is 0. The minimum atomic E-state index is -0.758. The minimum Gasteiger partial charge on any atom is -0.342 e. The van der Waals surface area contributed by atoms with Crippen LogP contribution >= 0.6 is 0 Å². The lowest BCUT2D eigenvalue weighted by molar-refractivity contribution is -0.139. The molecular weight excluding hydrogens is 216 g/mol. The summed E-state index contributed by atoms with van der Waals surface area (Å²) in [7, 11) is 0. The Balaban J connectivity index is 2.14. The molecule has 1 saturated heterocycles. The first-order chi connectivity index (χ1) is 7.90. The van der Waals surface area contributed by atoms with Crippen LogP contribution in [-0.2, 0) is 9.59 Å². The molecule has 0 spiro atoms. The van der Waals surface area contributed by atoms with Crippen LogP contribution in [0.1, 0.15) is 46.5 Å². The van der Waals surface area contributed by atoms with Crippen LogP contribution in [0.2, 0.25) is 0 Å². The van der Waals surface area contributed by atoms with Gasteiger partial charge in [0.2, 0.25) is 11.8 Å². The van der Waals surface area contributed by atoms with E-state index in [0.717, 1.165) is 6.54 Å². The van der Waals surface area contributed by atoms with Crippen molar-refractivity contribution in [2.24, 2.45) is 5.92 Å². The molecule has 2 aliphatic rings. The summed E-state index contributed by atoms with van der Waals surface area (Å²) in [5.41, 5.74) is -0.758. The van der Waals surface area contributed by atoms with Gasteiger partial charge >= 0.3 is 0 Å². The molecule has 4 nitrogen and oxygen atoms in total. The maximum absolute atomic E-state index is 12.4. The lowest BCUT2D eigenvalue weighted by Crippen LogP contribution is -2.54. The zero-order valence-electron chi connectivity index (χ0n) is 11.0. The first kappa shape index (κ1) is 12.4. The van der Waals surface area contributed by atoms with Crippen LogP contribution in [0.5, 0.6) is 0 Å². The van der Waals surface area contributed by atoms with Gasteiger partial charge in [-0.25, -0.2) is 0 Å². The molecule has 17 heavy (non-hydrogen) atoms. The van der Waals surface area contributed by atoms with E-state index in [1.54, 1.807) is 13.8 Å². The Labute approximate surface area is 103 Å². The highest BCUT2D eigenvalue weighted by molar-refractivity contribution is 5.93. The monoisotopic (exact) mass is 238 g/mol. The number of carbonyl (C=O) groups is 2. The molecule has 0 aromatic carbocycles. The quantitative estimate of drug-likeness (QED) is 0.788. The summed E-state index contributed by atoms with van der Waals surface area (Å²) in [5, 5.41) is 2.81. The summed E-state index contributed by atoms with van der Waals surface area (Å²) in [6.07, 6.45) is 4.14. The van der Waals surface area contributed by atoms with E-state index >= 15 is 0 Å². The van der Waals surface area contributed by atoms with Gasteiger partial charge in [0.25, 0.3) is 0 Å². The van der Waals surface area contributed by atoms with Crippen LogP contribution in [0.15, 0.2) is 0 Å². The van der Waals surface area contributed by atoms with Crippen LogP contribution in [0, 0.1) is 5.92 Å². The molecule has 2 amide bonds. The average Bonchev–Trinajstić information content (AvgIpc) is 2.18. The molecule has 2 fully saturated rings. The van der Waals surface area contributed by atoms with Crippen molar-refractivity contribution in [2.75, 3.05) is 6.54 Å².